The van der Waals surface area contributed by atoms with Crippen molar-refractivity contribution in [1.29, 1.82) is 0 Å². The van der Waals surface area contributed by atoms with Crippen LogP contribution in [0.15, 0.2) is 48.7 Å². The molecule has 0 aliphatic carbocycles. The SMILES string of the molecule is COc1ccc(N2C(=O)c3nc4ccccn4c3C2=O)cc1. The second-order valence-electron chi connectivity index (χ2n) is 4.88. The first kappa shape index (κ1) is 12.6. The lowest BCUT2D eigenvalue weighted by atomic mass is 10.3. The Balaban J connectivity index is 1.83. The van der Waals surface area contributed by atoms with Crippen LogP contribution in [0.1, 0.15) is 21.0 Å². The van der Waals surface area contributed by atoms with Crippen LogP contribution in [0.2, 0.25) is 0 Å². The number of amides is 2. The predicted octanol–water partition coefficient (Wildman–Crippen LogP) is 2.14. The van der Waals surface area contributed by atoms with E-state index in [2.05, 4.69) is 4.98 Å². The van der Waals surface area contributed by atoms with Crippen LogP contribution in [0.3, 0.4) is 0 Å². The topological polar surface area (TPSA) is 63.9 Å². The largest absolute Gasteiger partial charge is 0.497 e. The number of imide groups is 1. The number of pyridine rings is 1. The molecule has 0 spiro atoms. The Labute approximate surface area is 125 Å². The maximum atomic E-state index is 12.7. The monoisotopic (exact) mass is 293 g/mol. The van der Waals surface area contributed by atoms with Crippen LogP contribution in [-0.4, -0.2) is 28.3 Å². The third kappa shape index (κ3) is 1.57. The Morgan fingerprint density at radius 1 is 1.00 bits per heavy atom. The number of hydrogen-bond acceptors (Lipinski definition) is 4. The quantitative estimate of drug-likeness (QED) is 0.679. The number of carbonyl (C=O) groups is 2. The zero-order chi connectivity index (χ0) is 15.3. The Kier molecular flexibility index (Phi) is 2.53. The molecule has 0 saturated carbocycles. The summed E-state index contributed by atoms with van der Waals surface area (Å²) in [5, 5.41) is 0. The molecular weight excluding hydrogens is 282 g/mol. The molecule has 3 heterocycles. The Hall–Kier alpha value is -3.15. The average molecular weight is 293 g/mol. The van der Waals surface area contributed by atoms with E-state index in [0.717, 1.165) is 4.90 Å². The predicted molar refractivity (Wildman–Crippen MR) is 79.3 cm³/mol. The van der Waals surface area contributed by atoms with Gasteiger partial charge in [0.25, 0.3) is 11.8 Å². The van der Waals surface area contributed by atoms with E-state index in [1.165, 1.54) is 0 Å². The lowest BCUT2D eigenvalue weighted by Gasteiger charge is -2.14. The fourth-order valence-corrected chi connectivity index (χ4v) is 2.62. The highest BCUT2D eigenvalue weighted by molar-refractivity contribution is 6.33. The van der Waals surface area contributed by atoms with Gasteiger partial charge >= 0.3 is 0 Å². The number of carbonyl (C=O) groups excluding carboxylic acids is 2. The van der Waals surface area contributed by atoms with Gasteiger partial charge in [0.2, 0.25) is 0 Å². The molecule has 3 aromatic rings. The van der Waals surface area contributed by atoms with Crippen LogP contribution < -0.4 is 9.64 Å². The molecule has 2 aromatic heterocycles. The molecule has 6 heteroatoms. The first-order valence-corrected chi connectivity index (χ1v) is 6.70. The van der Waals surface area contributed by atoms with Crippen LogP contribution >= 0.6 is 0 Å². The molecule has 0 unspecified atom stereocenters. The molecule has 6 nitrogen and oxygen atoms in total. The van der Waals surface area contributed by atoms with E-state index in [0.29, 0.717) is 22.8 Å². The number of aromatic nitrogens is 2. The van der Waals surface area contributed by atoms with Crippen molar-refractivity contribution in [2.45, 2.75) is 0 Å². The van der Waals surface area contributed by atoms with Gasteiger partial charge in [-0.25, -0.2) is 9.88 Å². The summed E-state index contributed by atoms with van der Waals surface area (Å²) in [6.45, 7) is 0. The third-order valence-corrected chi connectivity index (χ3v) is 3.67. The van der Waals surface area contributed by atoms with E-state index < -0.39 is 5.91 Å². The van der Waals surface area contributed by atoms with Crippen molar-refractivity contribution in [3.63, 3.8) is 0 Å². The molecule has 108 valence electrons. The minimum absolute atomic E-state index is 0.187. The van der Waals surface area contributed by atoms with Gasteiger partial charge in [0.1, 0.15) is 17.1 Å². The molecule has 4 rings (SSSR count). The molecule has 1 aliphatic rings. The van der Waals surface area contributed by atoms with Crippen molar-refractivity contribution < 1.29 is 14.3 Å². The van der Waals surface area contributed by atoms with E-state index in [9.17, 15) is 9.59 Å². The van der Waals surface area contributed by atoms with Crippen molar-refractivity contribution in [2.75, 3.05) is 12.0 Å². The molecule has 22 heavy (non-hydrogen) atoms. The molecule has 0 N–H and O–H groups in total. The summed E-state index contributed by atoms with van der Waals surface area (Å²) in [6, 6.07) is 12.1. The lowest BCUT2D eigenvalue weighted by Crippen LogP contribution is -2.30. The zero-order valence-electron chi connectivity index (χ0n) is 11.7. The van der Waals surface area contributed by atoms with E-state index in [1.54, 1.807) is 54.1 Å². The van der Waals surface area contributed by atoms with Crippen molar-refractivity contribution in [3.05, 3.63) is 60.0 Å². The number of rotatable bonds is 2. The summed E-state index contributed by atoms with van der Waals surface area (Å²) in [5.74, 6) is -0.120. The first-order chi connectivity index (χ1) is 10.7. The molecular formula is C16H11N3O3. The van der Waals surface area contributed by atoms with Crippen LogP contribution in [0.4, 0.5) is 5.69 Å². The van der Waals surface area contributed by atoms with Gasteiger partial charge in [-0.3, -0.25) is 14.0 Å². The summed E-state index contributed by atoms with van der Waals surface area (Å²) >= 11 is 0. The van der Waals surface area contributed by atoms with Crippen LogP contribution in [0, 0.1) is 0 Å². The summed E-state index contributed by atoms with van der Waals surface area (Å²) in [7, 11) is 1.56. The second-order valence-corrected chi connectivity index (χ2v) is 4.88. The number of imidazole rings is 1. The molecule has 1 aliphatic heterocycles. The Bertz CT molecular complexity index is 912. The number of benzene rings is 1. The molecule has 0 atom stereocenters. The Morgan fingerprint density at radius 2 is 1.77 bits per heavy atom. The Morgan fingerprint density at radius 3 is 2.50 bits per heavy atom. The average Bonchev–Trinajstić information content (AvgIpc) is 3.05. The smallest absolute Gasteiger partial charge is 0.286 e. The number of hydrogen-bond donors (Lipinski definition) is 0. The van der Waals surface area contributed by atoms with E-state index in [1.807, 2.05) is 6.07 Å². The third-order valence-electron chi connectivity index (χ3n) is 3.67. The minimum atomic E-state index is -0.408. The highest BCUT2D eigenvalue weighted by Crippen LogP contribution is 2.29. The maximum absolute atomic E-state index is 12.7. The van der Waals surface area contributed by atoms with E-state index in [-0.39, 0.29) is 11.6 Å². The number of nitrogens with zero attached hydrogens (tertiary/aromatic N) is 3. The van der Waals surface area contributed by atoms with Gasteiger partial charge in [0, 0.05) is 6.20 Å². The maximum Gasteiger partial charge on any atom is 0.286 e. The van der Waals surface area contributed by atoms with Crippen molar-refractivity contribution >= 4 is 23.1 Å². The van der Waals surface area contributed by atoms with Crippen LogP contribution in [0.5, 0.6) is 5.75 Å². The molecule has 1 aromatic carbocycles. The van der Waals surface area contributed by atoms with Crippen molar-refractivity contribution in [3.8, 4) is 5.75 Å². The molecule has 0 radical (unpaired) electrons. The molecule has 0 bridgehead atoms. The number of methoxy groups -OCH3 is 1. The standard InChI is InChI=1S/C16H11N3O3/c1-22-11-7-5-10(6-8-11)19-15(20)13-14(16(19)21)18-9-3-2-4-12(18)17-13/h2-9H,1H3. The summed E-state index contributed by atoms with van der Waals surface area (Å²) in [6.07, 6.45) is 1.73. The lowest BCUT2D eigenvalue weighted by molar-refractivity contribution is 0.0922. The summed E-state index contributed by atoms with van der Waals surface area (Å²) in [4.78, 5) is 30.6. The van der Waals surface area contributed by atoms with Crippen LogP contribution in [-0.2, 0) is 0 Å². The van der Waals surface area contributed by atoms with Gasteiger partial charge in [0.05, 0.1) is 12.8 Å². The highest BCUT2D eigenvalue weighted by Gasteiger charge is 2.41. The number of fused-ring (bicyclic) bond motifs is 3. The van der Waals surface area contributed by atoms with Crippen LogP contribution in [0.25, 0.3) is 5.65 Å². The fraction of sp³-hybridized carbons (Fsp3) is 0.0625. The molecule has 0 fully saturated rings. The number of ether oxygens (including phenoxy) is 1. The van der Waals surface area contributed by atoms with Gasteiger partial charge in [-0.1, -0.05) is 6.07 Å². The summed E-state index contributed by atoms with van der Waals surface area (Å²) in [5.41, 5.74) is 1.57. The van der Waals surface area contributed by atoms with Gasteiger partial charge < -0.3 is 4.74 Å². The minimum Gasteiger partial charge on any atom is -0.497 e. The van der Waals surface area contributed by atoms with E-state index >= 15 is 0 Å². The first-order valence-electron chi connectivity index (χ1n) is 6.70. The number of anilines is 1. The normalized spacial score (nSPS) is 13.8. The van der Waals surface area contributed by atoms with Gasteiger partial charge in [-0.05, 0) is 36.4 Å². The van der Waals surface area contributed by atoms with Crippen molar-refractivity contribution in [2.24, 2.45) is 0 Å². The van der Waals surface area contributed by atoms with Crippen molar-refractivity contribution in [1.82, 2.24) is 9.38 Å². The molecule has 0 saturated heterocycles. The van der Waals surface area contributed by atoms with Gasteiger partial charge in [-0.15, -0.1) is 0 Å². The van der Waals surface area contributed by atoms with Gasteiger partial charge in [-0.2, -0.15) is 0 Å². The van der Waals surface area contributed by atoms with Gasteiger partial charge in [0.15, 0.2) is 5.69 Å². The highest BCUT2D eigenvalue weighted by atomic mass is 16.5. The summed E-state index contributed by atoms with van der Waals surface area (Å²) < 4.78 is 6.72. The second kappa shape index (κ2) is 4.42. The fourth-order valence-electron chi connectivity index (χ4n) is 2.62. The van der Waals surface area contributed by atoms with E-state index in [4.69, 9.17) is 4.74 Å². The zero-order valence-corrected chi connectivity index (χ0v) is 11.7. The molecule has 2 amide bonds.